The van der Waals surface area contributed by atoms with Crippen LogP contribution in [0.5, 0.6) is 0 Å². The molecule has 0 amide bonds. The Labute approximate surface area is 114 Å². The minimum Gasteiger partial charge on any atom is -0.384 e. The number of halogens is 3. The number of nitrogens with two attached hydrogens (primary N) is 1. The van der Waals surface area contributed by atoms with Gasteiger partial charge in [0, 0.05) is 17.3 Å². The van der Waals surface area contributed by atoms with Crippen LogP contribution in [0.4, 0.5) is 19.0 Å². The van der Waals surface area contributed by atoms with Crippen molar-refractivity contribution in [1.82, 2.24) is 9.97 Å². The van der Waals surface area contributed by atoms with Gasteiger partial charge in [0.25, 0.3) is 0 Å². The standard InChI is InChI=1S/C14H14F3N3/c1-7(2)3-9-6-12(18)20-14(19-9)8-4-10(15)13(17)11(16)5-8/h4-7H,3H2,1-2H3,(H2,18,19,20). The minimum atomic E-state index is -1.51. The fraction of sp³-hybridized carbons (Fsp3) is 0.286. The molecule has 0 fully saturated rings. The second-order valence-electron chi connectivity index (χ2n) is 4.96. The van der Waals surface area contributed by atoms with Crippen LogP contribution in [0, 0.1) is 23.4 Å². The molecule has 0 spiro atoms. The Bertz CT molecular complexity index is 619. The molecule has 1 aromatic carbocycles. The maximum absolute atomic E-state index is 13.2. The van der Waals surface area contributed by atoms with E-state index in [1.165, 1.54) is 0 Å². The van der Waals surface area contributed by atoms with Gasteiger partial charge in [-0.05, 0) is 24.5 Å². The Morgan fingerprint density at radius 2 is 1.65 bits per heavy atom. The van der Waals surface area contributed by atoms with Crippen molar-refractivity contribution in [3.05, 3.63) is 41.3 Å². The van der Waals surface area contributed by atoms with Gasteiger partial charge in [-0.25, -0.2) is 23.1 Å². The molecule has 0 radical (unpaired) electrons. The number of aromatic nitrogens is 2. The minimum absolute atomic E-state index is 0.0544. The zero-order chi connectivity index (χ0) is 14.9. The predicted octanol–water partition coefficient (Wildman–Crippen LogP) is 3.34. The molecule has 20 heavy (non-hydrogen) atoms. The Morgan fingerprint density at radius 1 is 1.05 bits per heavy atom. The Hall–Kier alpha value is -2.11. The first kappa shape index (κ1) is 14.3. The zero-order valence-corrected chi connectivity index (χ0v) is 11.1. The maximum atomic E-state index is 13.2. The summed E-state index contributed by atoms with van der Waals surface area (Å²) in [5, 5.41) is 0. The third kappa shape index (κ3) is 3.07. The summed E-state index contributed by atoms with van der Waals surface area (Å²) in [7, 11) is 0. The van der Waals surface area contributed by atoms with Crippen molar-refractivity contribution < 1.29 is 13.2 Å². The van der Waals surface area contributed by atoms with Crippen molar-refractivity contribution in [2.45, 2.75) is 20.3 Å². The average molecular weight is 281 g/mol. The van der Waals surface area contributed by atoms with Crippen LogP contribution in [0.3, 0.4) is 0 Å². The lowest BCUT2D eigenvalue weighted by molar-refractivity contribution is 0.447. The van der Waals surface area contributed by atoms with E-state index in [4.69, 9.17) is 5.73 Å². The highest BCUT2D eigenvalue weighted by Gasteiger charge is 2.14. The fourth-order valence-corrected chi connectivity index (χ4v) is 1.86. The highest BCUT2D eigenvalue weighted by atomic mass is 19.2. The monoisotopic (exact) mass is 281 g/mol. The van der Waals surface area contributed by atoms with Gasteiger partial charge < -0.3 is 5.73 Å². The number of anilines is 1. The summed E-state index contributed by atoms with van der Waals surface area (Å²) in [6.45, 7) is 4.02. The van der Waals surface area contributed by atoms with Crippen LogP contribution in [0.2, 0.25) is 0 Å². The predicted molar refractivity (Wildman–Crippen MR) is 70.3 cm³/mol. The zero-order valence-electron chi connectivity index (χ0n) is 11.1. The largest absolute Gasteiger partial charge is 0.384 e. The third-order valence-corrected chi connectivity index (χ3v) is 2.66. The number of nitrogens with zero attached hydrogens (tertiary/aromatic N) is 2. The van der Waals surface area contributed by atoms with Gasteiger partial charge in [0.2, 0.25) is 0 Å². The summed E-state index contributed by atoms with van der Waals surface area (Å²) in [5.74, 6) is -3.44. The molecule has 6 heteroatoms. The topological polar surface area (TPSA) is 51.8 Å². The van der Waals surface area contributed by atoms with E-state index in [0.717, 1.165) is 12.1 Å². The molecule has 0 saturated heterocycles. The van der Waals surface area contributed by atoms with Crippen LogP contribution in [0.15, 0.2) is 18.2 Å². The van der Waals surface area contributed by atoms with Crippen LogP contribution in [0.25, 0.3) is 11.4 Å². The van der Waals surface area contributed by atoms with Gasteiger partial charge >= 0.3 is 0 Å². The van der Waals surface area contributed by atoms with E-state index in [9.17, 15) is 13.2 Å². The third-order valence-electron chi connectivity index (χ3n) is 2.66. The summed E-state index contributed by atoms with van der Waals surface area (Å²) in [6.07, 6.45) is 0.659. The number of hydrogen-bond acceptors (Lipinski definition) is 3. The lowest BCUT2D eigenvalue weighted by atomic mass is 10.1. The van der Waals surface area contributed by atoms with E-state index in [-0.39, 0.29) is 17.2 Å². The lowest BCUT2D eigenvalue weighted by Crippen LogP contribution is -2.04. The SMILES string of the molecule is CC(C)Cc1cc(N)nc(-c2cc(F)c(F)c(F)c2)n1. The van der Waals surface area contributed by atoms with Crippen molar-refractivity contribution in [3.63, 3.8) is 0 Å². The summed E-state index contributed by atoms with van der Waals surface area (Å²) in [4.78, 5) is 8.14. The van der Waals surface area contributed by atoms with Crippen molar-refractivity contribution in [2.24, 2.45) is 5.92 Å². The van der Waals surface area contributed by atoms with Crippen molar-refractivity contribution in [1.29, 1.82) is 0 Å². The number of rotatable bonds is 3. The van der Waals surface area contributed by atoms with Gasteiger partial charge in [-0.15, -0.1) is 0 Å². The summed E-state index contributed by atoms with van der Waals surface area (Å²) < 4.78 is 39.4. The van der Waals surface area contributed by atoms with Crippen LogP contribution < -0.4 is 5.73 Å². The van der Waals surface area contributed by atoms with Crippen LogP contribution in [0.1, 0.15) is 19.5 Å². The highest BCUT2D eigenvalue weighted by Crippen LogP contribution is 2.22. The summed E-state index contributed by atoms with van der Waals surface area (Å²) >= 11 is 0. The quantitative estimate of drug-likeness (QED) is 0.878. The van der Waals surface area contributed by atoms with Gasteiger partial charge in [-0.2, -0.15) is 0 Å². The Morgan fingerprint density at radius 3 is 2.20 bits per heavy atom. The number of nitrogen functional groups attached to an aromatic ring is 1. The molecule has 0 bridgehead atoms. The van der Waals surface area contributed by atoms with E-state index in [0.29, 0.717) is 18.0 Å². The Balaban J connectivity index is 2.49. The molecule has 2 aromatic rings. The summed E-state index contributed by atoms with van der Waals surface area (Å²) in [6, 6.07) is 3.32. The number of benzene rings is 1. The van der Waals surface area contributed by atoms with Crippen LogP contribution in [-0.4, -0.2) is 9.97 Å². The second-order valence-corrected chi connectivity index (χ2v) is 4.96. The van der Waals surface area contributed by atoms with Gasteiger partial charge in [-0.1, -0.05) is 13.8 Å². The molecule has 1 heterocycles. The van der Waals surface area contributed by atoms with Gasteiger partial charge in [0.15, 0.2) is 23.3 Å². The first-order valence-corrected chi connectivity index (χ1v) is 6.15. The van der Waals surface area contributed by atoms with Crippen LogP contribution in [-0.2, 0) is 6.42 Å². The van der Waals surface area contributed by atoms with Gasteiger partial charge in [0.05, 0.1) is 0 Å². The molecule has 2 rings (SSSR count). The molecule has 0 aliphatic carbocycles. The van der Waals surface area contributed by atoms with Crippen molar-refractivity contribution in [2.75, 3.05) is 5.73 Å². The molecule has 0 aliphatic heterocycles. The van der Waals surface area contributed by atoms with Crippen molar-refractivity contribution >= 4 is 5.82 Å². The maximum Gasteiger partial charge on any atom is 0.194 e. The molecule has 106 valence electrons. The second kappa shape index (κ2) is 5.48. The van der Waals surface area contributed by atoms with E-state index in [2.05, 4.69) is 9.97 Å². The molecule has 3 nitrogen and oxygen atoms in total. The molecule has 0 saturated carbocycles. The van der Waals surface area contributed by atoms with Crippen molar-refractivity contribution in [3.8, 4) is 11.4 Å². The average Bonchev–Trinajstić information content (AvgIpc) is 2.33. The smallest absolute Gasteiger partial charge is 0.194 e. The molecule has 1 aromatic heterocycles. The van der Waals surface area contributed by atoms with Gasteiger partial charge in [0.1, 0.15) is 5.82 Å². The van der Waals surface area contributed by atoms with E-state index < -0.39 is 17.5 Å². The van der Waals surface area contributed by atoms with E-state index in [1.807, 2.05) is 13.8 Å². The highest BCUT2D eigenvalue weighted by molar-refractivity contribution is 5.57. The fourth-order valence-electron chi connectivity index (χ4n) is 1.86. The molecule has 2 N–H and O–H groups in total. The first-order valence-electron chi connectivity index (χ1n) is 6.15. The van der Waals surface area contributed by atoms with Crippen LogP contribution >= 0.6 is 0 Å². The normalized spacial score (nSPS) is 11.1. The molecular weight excluding hydrogens is 267 g/mol. The first-order chi connectivity index (χ1) is 9.36. The number of hydrogen-bond donors (Lipinski definition) is 1. The van der Waals surface area contributed by atoms with Gasteiger partial charge in [-0.3, -0.25) is 0 Å². The van der Waals surface area contributed by atoms with E-state index in [1.54, 1.807) is 6.07 Å². The van der Waals surface area contributed by atoms with E-state index >= 15 is 0 Å². The lowest BCUT2D eigenvalue weighted by Gasteiger charge is -2.08. The molecule has 0 atom stereocenters. The Kier molecular flexibility index (Phi) is 3.92. The summed E-state index contributed by atoms with van der Waals surface area (Å²) in [5.41, 5.74) is 6.39. The molecule has 0 unspecified atom stereocenters. The molecular formula is C14H14F3N3. The molecule has 0 aliphatic rings.